The van der Waals surface area contributed by atoms with Gasteiger partial charge in [0.15, 0.2) is 0 Å². The van der Waals surface area contributed by atoms with Crippen molar-refractivity contribution in [3.8, 4) is 11.1 Å². The average molecular weight is 369 g/mol. The first kappa shape index (κ1) is 18.4. The predicted octanol–water partition coefficient (Wildman–Crippen LogP) is 2.70. The Morgan fingerprint density at radius 1 is 0.963 bits per heavy atom. The van der Waals surface area contributed by atoms with Gasteiger partial charge in [0, 0.05) is 5.92 Å². The number of aliphatic carboxylic acids is 2. The fourth-order valence-electron chi connectivity index (χ4n) is 3.31. The summed E-state index contributed by atoms with van der Waals surface area (Å²) in [4.78, 5) is 34.3. The minimum atomic E-state index is -1.57. The lowest BCUT2D eigenvalue weighted by molar-refractivity contribution is -0.150. The number of hydrogen-bond acceptors (Lipinski definition) is 4. The summed E-state index contributed by atoms with van der Waals surface area (Å²) in [7, 11) is 0. The third-order valence-corrected chi connectivity index (χ3v) is 4.77. The second-order valence-electron chi connectivity index (χ2n) is 6.41. The summed E-state index contributed by atoms with van der Waals surface area (Å²) in [6.07, 6.45) is -0.961. The van der Waals surface area contributed by atoms with Gasteiger partial charge in [0.05, 0.1) is 5.92 Å². The van der Waals surface area contributed by atoms with E-state index in [4.69, 9.17) is 14.9 Å². The fraction of sp³-hybridized carbons (Fsp3) is 0.250. The number of ether oxygens (including phenoxy) is 1. The van der Waals surface area contributed by atoms with Gasteiger partial charge in [0.25, 0.3) is 0 Å². The summed E-state index contributed by atoms with van der Waals surface area (Å²) < 4.78 is 5.24. The van der Waals surface area contributed by atoms with E-state index in [1.807, 2.05) is 48.5 Å². The summed E-state index contributed by atoms with van der Waals surface area (Å²) in [5.41, 5.74) is 4.20. The molecule has 0 aromatic heterocycles. The van der Waals surface area contributed by atoms with Crippen molar-refractivity contribution in [1.82, 2.24) is 5.32 Å². The lowest BCUT2D eigenvalue weighted by Gasteiger charge is -2.19. The number of carbonyl (C=O) groups excluding carboxylic acids is 1. The molecule has 0 saturated carbocycles. The van der Waals surface area contributed by atoms with Gasteiger partial charge in [0.1, 0.15) is 12.6 Å². The highest BCUT2D eigenvalue weighted by Crippen LogP contribution is 2.44. The van der Waals surface area contributed by atoms with Crippen LogP contribution in [0.4, 0.5) is 4.79 Å². The topological polar surface area (TPSA) is 113 Å². The largest absolute Gasteiger partial charge is 0.481 e. The molecule has 140 valence electrons. The number of carbonyl (C=O) groups is 3. The van der Waals surface area contributed by atoms with Crippen LogP contribution in [0.1, 0.15) is 24.0 Å². The van der Waals surface area contributed by atoms with Gasteiger partial charge < -0.3 is 20.3 Å². The van der Waals surface area contributed by atoms with Crippen molar-refractivity contribution < 1.29 is 29.3 Å². The first-order chi connectivity index (χ1) is 12.9. The van der Waals surface area contributed by atoms with Crippen LogP contribution in [-0.4, -0.2) is 40.9 Å². The molecule has 7 nitrogen and oxygen atoms in total. The third-order valence-electron chi connectivity index (χ3n) is 4.77. The fourth-order valence-corrected chi connectivity index (χ4v) is 3.31. The zero-order valence-corrected chi connectivity index (χ0v) is 14.6. The molecule has 0 saturated heterocycles. The van der Waals surface area contributed by atoms with Crippen LogP contribution in [0, 0.1) is 5.92 Å². The summed E-state index contributed by atoms with van der Waals surface area (Å²) >= 11 is 0. The molecule has 2 aromatic rings. The van der Waals surface area contributed by atoms with E-state index in [9.17, 15) is 14.4 Å². The van der Waals surface area contributed by atoms with Gasteiger partial charge >= 0.3 is 18.0 Å². The Morgan fingerprint density at radius 3 is 1.96 bits per heavy atom. The van der Waals surface area contributed by atoms with Crippen molar-refractivity contribution in [1.29, 1.82) is 0 Å². The number of fused-ring (bicyclic) bond motifs is 3. The number of carboxylic acids is 2. The number of alkyl carbamates (subject to hydrolysis) is 1. The quantitative estimate of drug-likeness (QED) is 0.722. The Bertz CT molecular complexity index is 848. The first-order valence-corrected chi connectivity index (χ1v) is 8.47. The number of nitrogens with one attached hydrogen (secondary N) is 1. The predicted molar refractivity (Wildman–Crippen MR) is 96.4 cm³/mol. The molecule has 1 aliphatic carbocycles. The van der Waals surface area contributed by atoms with Gasteiger partial charge in [-0.05, 0) is 29.2 Å². The minimum absolute atomic E-state index is 0.0215. The Balaban J connectivity index is 1.72. The van der Waals surface area contributed by atoms with E-state index in [2.05, 4.69) is 5.32 Å². The molecular formula is C20H19NO6. The second kappa shape index (κ2) is 7.49. The van der Waals surface area contributed by atoms with E-state index in [0.717, 1.165) is 22.3 Å². The molecule has 3 rings (SSSR count). The maximum absolute atomic E-state index is 12.1. The SMILES string of the molecule is C[C@@H](C(=O)O)[C@@H](NC(=O)OCC1c2ccccc2-c2ccccc21)C(=O)O. The summed E-state index contributed by atoms with van der Waals surface area (Å²) in [5, 5.41) is 20.3. The molecule has 7 heteroatoms. The van der Waals surface area contributed by atoms with Crippen LogP contribution in [0.3, 0.4) is 0 Å². The molecular weight excluding hydrogens is 350 g/mol. The van der Waals surface area contributed by atoms with Crippen molar-refractivity contribution in [2.45, 2.75) is 18.9 Å². The summed E-state index contributed by atoms with van der Waals surface area (Å²) in [6.45, 7) is 1.23. The molecule has 0 heterocycles. The van der Waals surface area contributed by atoms with Crippen molar-refractivity contribution in [3.05, 3.63) is 59.7 Å². The van der Waals surface area contributed by atoms with E-state index in [1.165, 1.54) is 6.92 Å². The van der Waals surface area contributed by atoms with Crippen LogP contribution in [0.25, 0.3) is 11.1 Å². The molecule has 0 radical (unpaired) electrons. The number of benzene rings is 2. The van der Waals surface area contributed by atoms with E-state index >= 15 is 0 Å². The Hall–Kier alpha value is -3.35. The summed E-state index contributed by atoms with van der Waals surface area (Å²) in [5.74, 6) is -4.20. The molecule has 2 aromatic carbocycles. The van der Waals surface area contributed by atoms with Crippen LogP contribution in [0.2, 0.25) is 0 Å². The van der Waals surface area contributed by atoms with Crippen LogP contribution >= 0.6 is 0 Å². The maximum Gasteiger partial charge on any atom is 0.407 e. The van der Waals surface area contributed by atoms with Gasteiger partial charge in [-0.3, -0.25) is 4.79 Å². The van der Waals surface area contributed by atoms with Gasteiger partial charge in [-0.25, -0.2) is 9.59 Å². The molecule has 0 aliphatic heterocycles. The lowest BCUT2D eigenvalue weighted by atomic mass is 9.98. The van der Waals surface area contributed by atoms with Crippen LogP contribution < -0.4 is 5.32 Å². The number of amides is 1. The number of rotatable bonds is 6. The van der Waals surface area contributed by atoms with Crippen LogP contribution in [-0.2, 0) is 14.3 Å². The smallest absolute Gasteiger partial charge is 0.407 e. The standard InChI is InChI=1S/C20H19NO6/c1-11(18(22)23)17(19(24)25)21-20(26)27-10-16-14-8-4-2-6-12(14)13-7-3-5-9-15(13)16/h2-9,11,16-17H,10H2,1H3,(H,21,26)(H,22,23)(H,24,25)/t11-,17-/m1/s1. The monoisotopic (exact) mass is 369 g/mol. The highest BCUT2D eigenvalue weighted by molar-refractivity contribution is 5.86. The Kier molecular flexibility index (Phi) is 5.12. The minimum Gasteiger partial charge on any atom is -0.481 e. The molecule has 0 unspecified atom stereocenters. The highest BCUT2D eigenvalue weighted by atomic mass is 16.5. The van der Waals surface area contributed by atoms with E-state index in [1.54, 1.807) is 0 Å². The number of carboxylic acid groups (broad SMARTS) is 2. The Morgan fingerprint density at radius 2 is 1.48 bits per heavy atom. The average Bonchev–Trinajstić information content (AvgIpc) is 2.97. The summed E-state index contributed by atoms with van der Waals surface area (Å²) in [6, 6.07) is 14.1. The molecule has 0 bridgehead atoms. The van der Waals surface area contributed by atoms with Crippen LogP contribution in [0.15, 0.2) is 48.5 Å². The first-order valence-electron chi connectivity index (χ1n) is 8.47. The van der Waals surface area contributed by atoms with E-state index in [0.29, 0.717) is 0 Å². The zero-order valence-electron chi connectivity index (χ0n) is 14.6. The third kappa shape index (κ3) is 3.62. The van der Waals surface area contributed by atoms with Crippen LogP contribution in [0.5, 0.6) is 0 Å². The molecule has 3 N–H and O–H groups in total. The Labute approximate surface area is 155 Å². The van der Waals surface area contributed by atoms with Gasteiger partial charge in [0.2, 0.25) is 0 Å². The van der Waals surface area contributed by atoms with Crippen molar-refractivity contribution in [3.63, 3.8) is 0 Å². The lowest BCUT2D eigenvalue weighted by Crippen LogP contribution is -2.47. The molecule has 0 spiro atoms. The normalized spacial score (nSPS) is 14.6. The van der Waals surface area contributed by atoms with E-state index in [-0.39, 0.29) is 12.5 Å². The molecule has 1 aliphatic rings. The van der Waals surface area contributed by atoms with Crippen molar-refractivity contribution >= 4 is 18.0 Å². The molecule has 2 atom stereocenters. The zero-order chi connectivity index (χ0) is 19.6. The second-order valence-corrected chi connectivity index (χ2v) is 6.41. The number of hydrogen-bond donors (Lipinski definition) is 3. The van der Waals surface area contributed by atoms with Gasteiger partial charge in [-0.2, -0.15) is 0 Å². The van der Waals surface area contributed by atoms with Crippen molar-refractivity contribution in [2.75, 3.05) is 6.61 Å². The molecule has 0 fully saturated rings. The van der Waals surface area contributed by atoms with E-state index < -0.39 is 30.0 Å². The molecule has 1 amide bonds. The van der Waals surface area contributed by atoms with Gasteiger partial charge in [-0.15, -0.1) is 0 Å². The van der Waals surface area contributed by atoms with Gasteiger partial charge in [-0.1, -0.05) is 48.5 Å². The maximum atomic E-state index is 12.1. The highest BCUT2D eigenvalue weighted by Gasteiger charge is 2.33. The van der Waals surface area contributed by atoms with Crippen molar-refractivity contribution in [2.24, 2.45) is 5.92 Å². The molecule has 27 heavy (non-hydrogen) atoms.